The van der Waals surface area contributed by atoms with Gasteiger partial charge in [-0.25, -0.2) is 9.97 Å². The second kappa shape index (κ2) is 7.83. The van der Waals surface area contributed by atoms with Crippen molar-refractivity contribution in [2.45, 2.75) is 25.8 Å². The second-order valence-corrected chi connectivity index (χ2v) is 9.01. The monoisotopic (exact) mass is 400 g/mol. The van der Waals surface area contributed by atoms with Crippen LogP contribution in [0.25, 0.3) is 20.7 Å². The highest BCUT2D eigenvalue weighted by Gasteiger charge is 2.22. The van der Waals surface area contributed by atoms with Gasteiger partial charge < -0.3 is 9.64 Å². The molecule has 0 aliphatic carbocycles. The highest BCUT2D eigenvalue weighted by atomic mass is 32.1. The van der Waals surface area contributed by atoms with Gasteiger partial charge in [0.05, 0.1) is 25.1 Å². The van der Waals surface area contributed by atoms with E-state index in [0.717, 1.165) is 62.4 Å². The molecule has 142 valence electrons. The largest absolute Gasteiger partial charge is 0.379 e. The first kappa shape index (κ1) is 17.6. The minimum atomic E-state index is 0.808. The molecule has 0 N–H and O–H groups in total. The Morgan fingerprint density at radius 2 is 1.85 bits per heavy atom. The summed E-state index contributed by atoms with van der Waals surface area (Å²) in [4.78, 5) is 17.4. The summed E-state index contributed by atoms with van der Waals surface area (Å²) >= 11 is 3.55. The minimum absolute atomic E-state index is 0.808. The molecule has 2 aliphatic heterocycles. The van der Waals surface area contributed by atoms with Gasteiger partial charge in [-0.15, -0.1) is 22.7 Å². The number of piperidine rings is 1. The number of thiophene rings is 2. The Bertz CT molecular complexity index is 896. The summed E-state index contributed by atoms with van der Waals surface area (Å²) in [7, 11) is 0. The molecule has 0 amide bonds. The van der Waals surface area contributed by atoms with Gasteiger partial charge in [0.25, 0.3) is 0 Å². The third-order valence-corrected chi connectivity index (χ3v) is 7.15. The molecule has 3 aromatic heterocycles. The van der Waals surface area contributed by atoms with Gasteiger partial charge in [0, 0.05) is 42.0 Å². The summed E-state index contributed by atoms with van der Waals surface area (Å²) in [5, 5.41) is 5.65. The van der Waals surface area contributed by atoms with Gasteiger partial charge >= 0.3 is 0 Å². The van der Waals surface area contributed by atoms with Crippen molar-refractivity contribution in [2.24, 2.45) is 0 Å². The van der Waals surface area contributed by atoms with Crippen LogP contribution in [0.2, 0.25) is 0 Å². The second-order valence-electron chi connectivity index (χ2n) is 7.21. The van der Waals surface area contributed by atoms with Gasteiger partial charge in [-0.1, -0.05) is 6.07 Å². The molecule has 7 heteroatoms. The predicted molar refractivity (Wildman–Crippen MR) is 113 cm³/mol. The number of morpholine rings is 1. The molecule has 0 radical (unpaired) electrons. The molecule has 0 bridgehead atoms. The van der Waals surface area contributed by atoms with Crippen LogP contribution in [0, 0.1) is 0 Å². The summed E-state index contributed by atoms with van der Waals surface area (Å²) in [6.45, 7) is 6.56. The van der Waals surface area contributed by atoms with Crippen molar-refractivity contribution >= 4 is 38.7 Å². The Morgan fingerprint density at radius 1 is 1.00 bits per heavy atom. The van der Waals surface area contributed by atoms with E-state index in [9.17, 15) is 0 Å². The summed E-state index contributed by atoms with van der Waals surface area (Å²) in [5.74, 6) is 2.09. The van der Waals surface area contributed by atoms with E-state index < -0.39 is 0 Å². The third-order valence-electron chi connectivity index (χ3n) is 5.37. The molecule has 0 atom stereocenters. The zero-order chi connectivity index (χ0) is 18.1. The molecule has 27 heavy (non-hydrogen) atoms. The number of rotatable bonds is 4. The van der Waals surface area contributed by atoms with Crippen LogP contribution in [0.3, 0.4) is 0 Å². The van der Waals surface area contributed by atoms with Crippen LogP contribution >= 0.6 is 22.7 Å². The van der Waals surface area contributed by atoms with E-state index in [-0.39, 0.29) is 0 Å². The number of hydrogen-bond donors (Lipinski definition) is 0. The zero-order valence-electron chi connectivity index (χ0n) is 15.4. The SMILES string of the molecule is c1csc(-c2csc3nc(CN4CCOCC4)nc(N4CCCCC4)c23)c1. The fourth-order valence-electron chi connectivity index (χ4n) is 3.94. The smallest absolute Gasteiger partial charge is 0.146 e. The Kier molecular flexibility index (Phi) is 5.09. The first-order valence-electron chi connectivity index (χ1n) is 9.75. The highest BCUT2D eigenvalue weighted by molar-refractivity contribution is 7.18. The molecule has 2 saturated heterocycles. The van der Waals surface area contributed by atoms with E-state index in [4.69, 9.17) is 14.7 Å². The Balaban J connectivity index is 1.57. The number of aromatic nitrogens is 2. The number of anilines is 1. The van der Waals surface area contributed by atoms with Crippen molar-refractivity contribution in [1.82, 2.24) is 14.9 Å². The molecular formula is C20H24N4OS2. The lowest BCUT2D eigenvalue weighted by atomic mass is 10.1. The lowest BCUT2D eigenvalue weighted by Crippen LogP contribution is -2.36. The predicted octanol–water partition coefficient (Wildman–Crippen LogP) is 4.24. The fourth-order valence-corrected chi connectivity index (χ4v) is 5.72. The Hall–Kier alpha value is -1.54. The number of ether oxygens (including phenoxy) is 1. The molecule has 0 saturated carbocycles. The Labute approximate surface area is 167 Å². The molecule has 5 nitrogen and oxygen atoms in total. The quantitative estimate of drug-likeness (QED) is 0.655. The van der Waals surface area contributed by atoms with E-state index in [2.05, 4.69) is 32.7 Å². The lowest BCUT2D eigenvalue weighted by molar-refractivity contribution is 0.0331. The molecule has 0 spiro atoms. The molecule has 0 unspecified atom stereocenters. The maximum absolute atomic E-state index is 5.48. The van der Waals surface area contributed by atoms with Crippen LogP contribution in [0.15, 0.2) is 22.9 Å². The third kappa shape index (κ3) is 3.61. The zero-order valence-corrected chi connectivity index (χ0v) is 17.0. The van der Waals surface area contributed by atoms with Gasteiger partial charge in [-0.2, -0.15) is 0 Å². The number of fused-ring (bicyclic) bond motifs is 1. The maximum atomic E-state index is 5.48. The average molecular weight is 401 g/mol. The average Bonchev–Trinajstić information content (AvgIpc) is 3.38. The molecule has 2 fully saturated rings. The van der Waals surface area contributed by atoms with Gasteiger partial charge in [-0.3, -0.25) is 4.90 Å². The van der Waals surface area contributed by atoms with Crippen LogP contribution in [0.1, 0.15) is 25.1 Å². The number of hydrogen-bond acceptors (Lipinski definition) is 7. The summed E-state index contributed by atoms with van der Waals surface area (Å²) in [6, 6.07) is 4.32. The molecular weight excluding hydrogens is 376 g/mol. The summed E-state index contributed by atoms with van der Waals surface area (Å²) in [5.41, 5.74) is 1.29. The van der Waals surface area contributed by atoms with E-state index in [1.807, 2.05) is 0 Å². The van der Waals surface area contributed by atoms with Crippen molar-refractivity contribution in [3.8, 4) is 10.4 Å². The van der Waals surface area contributed by atoms with E-state index in [0.29, 0.717) is 0 Å². The first-order chi connectivity index (χ1) is 13.4. The minimum Gasteiger partial charge on any atom is -0.379 e. The lowest BCUT2D eigenvalue weighted by Gasteiger charge is -2.30. The topological polar surface area (TPSA) is 41.5 Å². The van der Waals surface area contributed by atoms with Gasteiger partial charge in [-0.05, 0) is 30.7 Å². The van der Waals surface area contributed by atoms with E-state index in [1.165, 1.54) is 35.1 Å². The van der Waals surface area contributed by atoms with Gasteiger partial charge in [0.2, 0.25) is 0 Å². The van der Waals surface area contributed by atoms with Crippen molar-refractivity contribution < 1.29 is 4.74 Å². The highest BCUT2D eigenvalue weighted by Crippen LogP contribution is 2.40. The van der Waals surface area contributed by atoms with Crippen molar-refractivity contribution in [3.05, 3.63) is 28.7 Å². The fraction of sp³-hybridized carbons (Fsp3) is 0.500. The normalized spacial score (nSPS) is 19.0. The summed E-state index contributed by atoms with van der Waals surface area (Å²) < 4.78 is 5.48. The Morgan fingerprint density at radius 3 is 2.63 bits per heavy atom. The first-order valence-corrected chi connectivity index (χ1v) is 11.5. The van der Waals surface area contributed by atoms with Crippen LogP contribution in [-0.2, 0) is 11.3 Å². The molecule has 0 aromatic carbocycles. The standard InChI is InChI=1S/C20H24N4OS2/c1-2-6-24(7-3-1)19-18-15(16-5-4-12-26-16)14-27-20(18)22-17(21-19)13-23-8-10-25-11-9-23/h4-5,12,14H,1-3,6-11,13H2. The van der Waals surface area contributed by atoms with E-state index >= 15 is 0 Å². The van der Waals surface area contributed by atoms with Crippen molar-refractivity contribution in [1.29, 1.82) is 0 Å². The van der Waals surface area contributed by atoms with Crippen LogP contribution in [-0.4, -0.2) is 54.3 Å². The maximum Gasteiger partial charge on any atom is 0.146 e. The van der Waals surface area contributed by atoms with E-state index in [1.54, 1.807) is 22.7 Å². The molecule has 3 aromatic rings. The van der Waals surface area contributed by atoms with Crippen molar-refractivity contribution in [3.63, 3.8) is 0 Å². The molecule has 5 rings (SSSR count). The number of nitrogens with zero attached hydrogens (tertiary/aromatic N) is 4. The van der Waals surface area contributed by atoms with Crippen LogP contribution < -0.4 is 4.90 Å². The van der Waals surface area contributed by atoms with Crippen LogP contribution in [0.5, 0.6) is 0 Å². The van der Waals surface area contributed by atoms with Crippen LogP contribution in [0.4, 0.5) is 5.82 Å². The van der Waals surface area contributed by atoms with Crippen molar-refractivity contribution in [2.75, 3.05) is 44.3 Å². The van der Waals surface area contributed by atoms with Gasteiger partial charge in [0.15, 0.2) is 0 Å². The molecule has 2 aliphatic rings. The summed E-state index contributed by atoms with van der Waals surface area (Å²) in [6.07, 6.45) is 3.83. The molecule has 5 heterocycles. The van der Waals surface area contributed by atoms with Gasteiger partial charge in [0.1, 0.15) is 16.5 Å².